The number of halogens is 1. The molecule has 1 aromatic rings. The van der Waals surface area contributed by atoms with Gasteiger partial charge in [0.05, 0.1) is 12.2 Å². The van der Waals surface area contributed by atoms with E-state index in [0.29, 0.717) is 18.4 Å². The second-order valence-corrected chi connectivity index (χ2v) is 8.02. The molecule has 2 heterocycles. The standard InChI is InChI=1S/C20H27FN2O2/c1-15-11-18(15)19(24)23-7-5-20(6-8-23)14-22(9-10-25-20)13-16-3-2-4-17(21)12-16/h2-4,12,15,18H,5-11,13-14H2,1H3. The SMILES string of the molecule is CC1CC1C(=O)N1CCC2(CC1)CN(Cc1cccc(F)c1)CCO2. The van der Waals surface area contributed by atoms with Crippen LogP contribution >= 0.6 is 0 Å². The first kappa shape index (κ1) is 17.0. The third-order valence-electron chi connectivity index (χ3n) is 6.04. The van der Waals surface area contributed by atoms with Crippen molar-refractivity contribution in [3.63, 3.8) is 0 Å². The maximum Gasteiger partial charge on any atom is 0.225 e. The number of hydrogen-bond acceptors (Lipinski definition) is 3. The van der Waals surface area contributed by atoms with Gasteiger partial charge in [-0.1, -0.05) is 19.1 Å². The highest BCUT2D eigenvalue weighted by molar-refractivity contribution is 5.81. The van der Waals surface area contributed by atoms with Crippen LogP contribution in [-0.2, 0) is 16.1 Å². The van der Waals surface area contributed by atoms with Crippen molar-refractivity contribution < 1.29 is 13.9 Å². The lowest BCUT2D eigenvalue weighted by Crippen LogP contribution is -2.57. The number of carbonyl (C=O) groups is 1. The maximum atomic E-state index is 13.4. The first-order chi connectivity index (χ1) is 12.0. The molecule has 2 atom stereocenters. The van der Waals surface area contributed by atoms with Gasteiger partial charge in [0.15, 0.2) is 0 Å². The molecule has 1 aromatic carbocycles. The number of morpholine rings is 1. The third-order valence-corrected chi connectivity index (χ3v) is 6.04. The van der Waals surface area contributed by atoms with Gasteiger partial charge in [-0.2, -0.15) is 0 Å². The van der Waals surface area contributed by atoms with Gasteiger partial charge in [0.25, 0.3) is 0 Å². The van der Waals surface area contributed by atoms with Gasteiger partial charge in [-0.15, -0.1) is 0 Å². The second-order valence-electron chi connectivity index (χ2n) is 8.02. The Morgan fingerprint density at radius 2 is 2.08 bits per heavy atom. The Morgan fingerprint density at radius 3 is 2.76 bits per heavy atom. The van der Waals surface area contributed by atoms with Gasteiger partial charge < -0.3 is 9.64 Å². The van der Waals surface area contributed by atoms with Crippen LogP contribution in [0.2, 0.25) is 0 Å². The predicted molar refractivity (Wildman–Crippen MR) is 93.4 cm³/mol. The Bertz CT molecular complexity index is 642. The van der Waals surface area contributed by atoms with Gasteiger partial charge in [-0.05, 0) is 42.9 Å². The van der Waals surface area contributed by atoms with Crippen molar-refractivity contribution in [2.45, 2.75) is 38.3 Å². The summed E-state index contributed by atoms with van der Waals surface area (Å²) in [4.78, 5) is 16.8. The van der Waals surface area contributed by atoms with E-state index < -0.39 is 0 Å². The Hall–Kier alpha value is -1.46. The molecule has 3 aliphatic rings. The van der Waals surface area contributed by atoms with Gasteiger partial charge in [-0.25, -0.2) is 4.39 Å². The minimum atomic E-state index is -0.179. The van der Waals surface area contributed by atoms with Crippen LogP contribution in [0.25, 0.3) is 0 Å². The molecule has 1 saturated carbocycles. The number of piperidine rings is 1. The number of hydrogen-bond donors (Lipinski definition) is 0. The summed E-state index contributed by atoms with van der Waals surface area (Å²) in [6.45, 7) is 6.97. The number of ether oxygens (including phenoxy) is 1. The van der Waals surface area contributed by atoms with Crippen LogP contribution in [0, 0.1) is 17.7 Å². The average Bonchev–Trinajstić information content (AvgIpc) is 3.32. The molecule has 1 aliphatic carbocycles. The summed E-state index contributed by atoms with van der Waals surface area (Å²) < 4.78 is 19.6. The molecule has 2 aliphatic heterocycles. The topological polar surface area (TPSA) is 32.8 Å². The van der Waals surface area contributed by atoms with Gasteiger partial charge in [0, 0.05) is 38.6 Å². The minimum Gasteiger partial charge on any atom is -0.372 e. The molecule has 3 fully saturated rings. The Balaban J connectivity index is 1.34. The molecule has 1 spiro atoms. The van der Waals surface area contributed by atoms with Gasteiger partial charge >= 0.3 is 0 Å². The van der Waals surface area contributed by atoms with Crippen molar-refractivity contribution >= 4 is 5.91 Å². The first-order valence-corrected chi connectivity index (χ1v) is 9.44. The first-order valence-electron chi connectivity index (χ1n) is 9.44. The molecule has 4 nitrogen and oxygen atoms in total. The van der Waals surface area contributed by atoms with Gasteiger partial charge in [-0.3, -0.25) is 9.69 Å². The van der Waals surface area contributed by atoms with E-state index >= 15 is 0 Å². The maximum absolute atomic E-state index is 13.4. The van der Waals surface area contributed by atoms with Crippen molar-refractivity contribution in [1.29, 1.82) is 0 Å². The molecule has 4 rings (SSSR count). The molecule has 2 unspecified atom stereocenters. The fourth-order valence-electron chi connectivity index (χ4n) is 4.29. The van der Waals surface area contributed by atoms with Crippen LogP contribution in [0.4, 0.5) is 4.39 Å². The molecule has 1 amide bonds. The zero-order valence-electron chi connectivity index (χ0n) is 14.9. The lowest BCUT2D eigenvalue weighted by atomic mass is 9.89. The van der Waals surface area contributed by atoms with Crippen LogP contribution < -0.4 is 0 Å². The lowest BCUT2D eigenvalue weighted by molar-refractivity contribution is -0.152. The summed E-state index contributed by atoms with van der Waals surface area (Å²) in [5.74, 6) is 0.998. The van der Waals surface area contributed by atoms with E-state index in [4.69, 9.17) is 4.74 Å². The minimum absolute atomic E-state index is 0.141. The Labute approximate surface area is 148 Å². The summed E-state index contributed by atoms with van der Waals surface area (Å²) in [5, 5.41) is 0. The highest BCUT2D eigenvalue weighted by Crippen LogP contribution is 2.40. The van der Waals surface area contributed by atoms with Gasteiger partial charge in [0.2, 0.25) is 5.91 Å². The van der Waals surface area contributed by atoms with E-state index in [1.54, 1.807) is 12.1 Å². The molecular weight excluding hydrogens is 319 g/mol. The van der Waals surface area contributed by atoms with E-state index in [-0.39, 0.29) is 17.3 Å². The highest BCUT2D eigenvalue weighted by atomic mass is 19.1. The number of likely N-dealkylation sites (tertiary alicyclic amines) is 1. The average molecular weight is 346 g/mol. The molecule has 25 heavy (non-hydrogen) atoms. The number of nitrogens with zero attached hydrogens (tertiary/aromatic N) is 2. The molecule has 0 aromatic heterocycles. The molecule has 0 radical (unpaired) electrons. The smallest absolute Gasteiger partial charge is 0.225 e. The zero-order valence-corrected chi connectivity index (χ0v) is 14.9. The number of carbonyl (C=O) groups excluding carboxylic acids is 1. The lowest BCUT2D eigenvalue weighted by Gasteiger charge is -2.47. The largest absolute Gasteiger partial charge is 0.372 e. The summed E-state index contributed by atoms with van der Waals surface area (Å²) >= 11 is 0. The summed E-state index contributed by atoms with van der Waals surface area (Å²) in [6, 6.07) is 6.84. The van der Waals surface area contributed by atoms with Crippen molar-refractivity contribution in [3.05, 3.63) is 35.6 Å². The van der Waals surface area contributed by atoms with E-state index in [0.717, 1.165) is 57.5 Å². The second kappa shape index (κ2) is 6.69. The molecule has 0 N–H and O–H groups in total. The van der Waals surface area contributed by atoms with Crippen LogP contribution in [0.5, 0.6) is 0 Å². The molecular formula is C20H27FN2O2. The number of rotatable bonds is 3. The predicted octanol–water partition coefficient (Wildman–Crippen LogP) is 2.68. The van der Waals surface area contributed by atoms with E-state index in [1.165, 1.54) is 6.07 Å². The molecule has 5 heteroatoms. The summed E-state index contributed by atoms with van der Waals surface area (Å²) in [5.41, 5.74) is 0.865. The van der Waals surface area contributed by atoms with Crippen LogP contribution in [0.15, 0.2) is 24.3 Å². The van der Waals surface area contributed by atoms with Crippen molar-refractivity contribution in [2.24, 2.45) is 11.8 Å². The number of benzene rings is 1. The van der Waals surface area contributed by atoms with E-state index in [2.05, 4.69) is 11.8 Å². The summed E-state index contributed by atoms with van der Waals surface area (Å²) in [6.07, 6.45) is 2.86. The monoisotopic (exact) mass is 346 g/mol. The molecule has 136 valence electrons. The van der Waals surface area contributed by atoms with Crippen molar-refractivity contribution in [1.82, 2.24) is 9.80 Å². The summed E-state index contributed by atoms with van der Waals surface area (Å²) in [7, 11) is 0. The van der Waals surface area contributed by atoms with E-state index in [9.17, 15) is 9.18 Å². The number of amides is 1. The van der Waals surface area contributed by atoms with Crippen molar-refractivity contribution in [2.75, 3.05) is 32.8 Å². The molecule has 0 bridgehead atoms. The van der Waals surface area contributed by atoms with Crippen LogP contribution in [-0.4, -0.2) is 54.1 Å². The normalized spacial score (nSPS) is 29.0. The van der Waals surface area contributed by atoms with E-state index in [1.807, 2.05) is 11.0 Å². The van der Waals surface area contributed by atoms with Crippen molar-refractivity contribution in [3.8, 4) is 0 Å². The zero-order chi connectivity index (χ0) is 17.4. The fourth-order valence-corrected chi connectivity index (χ4v) is 4.29. The third kappa shape index (κ3) is 3.72. The fraction of sp³-hybridized carbons (Fsp3) is 0.650. The van der Waals surface area contributed by atoms with Crippen LogP contribution in [0.1, 0.15) is 31.7 Å². The quantitative estimate of drug-likeness (QED) is 0.844. The van der Waals surface area contributed by atoms with Crippen LogP contribution in [0.3, 0.4) is 0 Å². The van der Waals surface area contributed by atoms with Gasteiger partial charge in [0.1, 0.15) is 5.82 Å². The molecule has 2 saturated heterocycles. The Kier molecular flexibility index (Phi) is 4.54. The Morgan fingerprint density at radius 1 is 1.32 bits per heavy atom. The highest BCUT2D eigenvalue weighted by Gasteiger charge is 2.45.